The van der Waals surface area contributed by atoms with E-state index in [0.29, 0.717) is 0 Å². The van der Waals surface area contributed by atoms with E-state index < -0.39 is 0 Å². The third kappa shape index (κ3) is 3.87. The fourth-order valence-corrected chi connectivity index (χ4v) is 6.62. The molecule has 3 heteroatoms. The number of furan rings is 1. The van der Waals surface area contributed by atoms with Crippen LogP contribution in [0.1, 0.15) is 0 Å². The summed E-state index contributed by atoms with van der Waals surface area (Å²) in [5.74, 6) is 0. The van der Waals surface area contributed by atoms with E-state index >= 15 is 0 Å². The molecule has 0 unspecified atom stereocenters. The highest BCUT2D eigenvalue weighted by Crippen LogP contribution is 2.37. The topological polar surface area (TPSA) is 25.2 Å². The second kappa shape index (κ2) is 8.87. The van der Waals surface area contributed by atoms with Gasteiger partial charge in [0.1, 0.15) is 11.2 Å². The van der Waals surface area contributed by atoms with E-state index in [4.69, 9.17) is 4.42 Å². The smallest absolute Gasteiger partial charge is 0.135 e. The highest BCUT2D eigenvalue weighted by molar-refractivity contribution is 7.25. The van der Waals surface area contributed by atoms with Gasteiger partial charge in [-0.3, -0.25) is 0 Å². The van der Waals surface area contributed by atoms with E-state index in [-0.39, 0.29) is 0 Å². The number of hydrogen-bond donors (Lipinski definition) is 1. The number of para-hydroxylation sites is 1. The van der Waals surface area contributed by atoms with Gasteiger partial charge in [0, 0.05) is 42.3 Å². The summed E-state index contributed by atoms with van der Waals surface area (Å²) in [5.41, 5.74) is 8.72. The molecule has 0 bridgehead atoms. The summed E-state index contributed by atoms with van der Waals surface area (Å²) in [6, 6.07) is 47.3. The maximum atomic E-state index is 6.02. The zero-order valence-electron chi connectivity index (χ0n) is 21.0. The summed E-state index contributed by atoms with van der Waals surface area (Å²) < 4.78 is 8.68. The van der Waals surface area contributed by atoms with Crippen LogP contribution in [0, 0.1) is 0 Å². The summed E-state index contributed by atoms with van der Waals surface area (Å²) >= 11 is 1.85. The van der Waals surface area contributed by atoms with Crippen molar-refractivity contribution in [1.82, 2.24) is 0 Å². The van der Waals surface area contributed by atoms with Gasteiger partial charge < -0.3 is 9.73 Å². The average molecular weight is 518 g/mol. The molecule has 0 aliphatic carbocycles. The zero-order chi connectivity index (χ0) is 25.8. The first-order chi connectivity index (χ1) is 19.3. The Morgan fingerprint density at radius 2 is 1.00 bits per heavy atom. The Bertz CT molecular complexity index is 2010. The third-order valence-electron chi connectivity index (χ3n) is 7.43. The molecular formula is C36H23NOS. The minimum absolute atomic E-state index is 0.916. The van der Waals surface area contributed by atoms with E-state index in [2.05, 4.69) is 127 Å². The molecule has 0 fully saturated rings. The van der Waals surface area contributed by atoms with Gasteiger partial charge in [0.05, 0.1) is 0 Å². The molecule has 2 heterocycles. The molecule has 1 N–H and O–H groups in total. The van der Waals surface area contributed by atoms with Gasteiger partial charge >= 0.3 is 0 Å². The van der Waals surface area contributed by atoms with E-state index in [1.807, 2.05) is 23.5 Å². The Morgan fingerprint density at radius 3 is 1.79 bits per heavy atom. The van der Waals surface area contributed by atoms with Crippen LogP contribution >= 0.6 is 11.3 Å². The van der Waals surface area contributed by atoms with Crippen LogP contribution in [0.5, 0.6) is 0 Å². The van der Waals surface area contributed by atoms with Crippen LogP contribution in [0.15, 0.2) is 138 Å². The number of hydrogen-bond acceptors (Lipinski definition) is 3. The van der Waals surface area contributed by atoms with E-state index in [9.17, 15) is 0 Å². The van der Waals surface area contributed by atoms with Crippen molar-refractivity contribution in [3.8, 4) is 22.3 Å². The van der Waals surface area contributed by atoms with Crippen LogP contribution in [0.2, 0.25) is 0 Å². The van der Waals surface area contributed by atoms with Crippen molar-refractivity contribution < 1.29 is 4.42 Å². The first-order valence-electron chi connectivity index (χ1n) is 13.1. The van der Waals surface area contributed by atoms with Crippen molar-refractivity contribution >= 4 is 64.8 Å². The Labute approximate surface area is 229 Å². The minimum atomic E-state index is 0.916. The van der Waals surface area contributed by atoms with E-state index in [1.54, 1.807) is 0 Å². The van der Waals surface area contributed by atoms with Gasteiger partial charge in [0.15, 0.2) is 0 Å². The quantitative estimate of drug-likeness (QED) is 0.251. The fraction of sp³-hybridized carbons (Fsp3) is 0. The van der Waals surface area contributed by atoms with Gasteiger partial charge in [-0.05, 0) is 82.9 Å². The summed E-state index contributed by atoms with van der Waals surface area (Å²) in [4.78, 5) is 0. The van der Waals surface area contributed by atoms with Gasteiger partial charge in [-0.2, -0.15) is 0 Å². The maximum Gasteiger partial charge on any atom is 0.135 e. The predicted molar refractivity (Wildman–Crippen MR) is 167 cm³/mol. The maximum absolute atomic E-state index is 6.02. The number of benzene rings is 6. The largest absolute Gasteiger partial charge is 0.456 e. The lowest BCUT2D eigenvalue weighted by Crippen LogP contribution is -1.91. The SMILES string of the molecule is c1cc(Nc2cccc(-c3ccc4sc5ccccc5c4c3)c2)cc(-c2ccc3oc4ccccc4c3c2)c1. The predicted octanol–water partition coefficient (Wildman–Crippen LogP) is 11.0. The van der Waals surface area contributed by atoms with E-state index in [1.165, 1.54) is 36.9 Å². The molecule has 0 amide bonds. The van der Waals surface area contributed by atoms with Crippen molar-refractivity contribution in [1.29, 1.82) is 0 Å². The fourth-order valence-electron chi connectivity index (χ4n) is 5.53. The first-order valence-corrected chi connectivity index (χ1v) is 13.9. The molecule has 39 heavy (non-hydrogen) atoms. The van der Waals surface area contributed by atoms with Crippen molar-refractivity contribution in [2.24, 2.45) is 0 Å². The molecule has 0 radical (unpaired) electrons. The molecule has 0 atom stereocenters. The molecule has 6 aromatic carbocycles. The number of fused-ring (bicyclic) bond motifs is 6. The number of anilines is 2. The molecule has 0 saturated heterocycles. The normalized spacial score (nSPS) is 11.6. The van der Waals surface area contributed by atoms with Gasteiger partial charge in [0.25, 0.3) is 0 Å². The molecule has 0 saturated carbocycles. The van der Waals surface area contributed by atoms with Crippen molar-refractivity contribution in [2.45, 2.75) is 0 Å². The molecule has 8 aromatic rings. The highest BCUT2D eigenvalue weighted by Gasteiger charge is 2.10. The van der Waals surface area contributed by atoms with E-state index in [0.717, 1.165) is 38.9 Å². The lowest BCUT2D eigenvalue weighted by molar-refractivity contribution is 0.669. The minimum Gasteiger partial charge on any atom is -0.456 e. The van der Waals surface area contributed by atoms with Gasteiger partial charge in [-0.25, -0.2) is 0 Å². The molecule has 2 nitrogen and oxygen atoms in total. The van der Waals surface area contributed by atoms with Crippen molar-refractivity contribution in [3.63, 3.8) is 0 Å². The Morgan fingerprint density at radius 1 is 0.410 bits per heavy atom. The van der Waals surface area contributed by atoms with Gasteiger partial charge in [-0.15, -0.1) is 11.3 Å². The second-order valence-corrected chi connectivity index (χ2v) is 11.0. The molecule has 0 spiro atoms. The molecule has 8 rings (SSSR count). The molecule has 2 aromatic heterocycles. The van der Waals surface area contributed by atoms with Crippen molar-refractivity contribution in [3.05, 3.63) is 133 Å². The van der Waals surface area contributed by atoms with Crippen LogP contribution in [-0.4, -0.2) is 0 Å². The Kier molecular flexibility index (Phi) is 5.04. The molecule has 0 aliphatic rings. The van der Waals surface area contributed by atoms with Crippen LogP contribution in [0.4, 0.5) is 11.4 Å². The third-order valence-corrected chi connectivity index (χ3v) is 8.59. The van der Waals surface area contributed by atoms with Crippen LogP contribution in [-0.2, 0) is 0 Å². The van der Waals surface area contributed by atoms with Crippen molar-refractivity contribution in [2.75, 3.05) is 5.32 Å². The monoisotopic (exact) mass is 517 g/mol. The zero-order valence-corrected chi connectivity index (χ0v) is 21.8. The summed E-state index contributed by atoms with van der Waals surface area (Å²) in [7, 11) is 0. The van der Waals surface area contributed by atoms with Crippen LogP contribution in [0.3, 0.4) is 0 Å². The first kappa shape index (κ1) is 22.2. The number of rotatable bonds is 4. The summed E-state index contributed by atoms with van der Waals surface area (Å²) in [5, 5.41) is 8.57. The lowest BCUT2D eigenvalue weighted by Gasteiger charge is -2.11. The van der Waals surface area contributed by atoms with Crippen LogP contribution < -0.4 is 5.32 Å². The van der Waals surface area contributed by atoms with Gasteiger partial charge in [-0.1, -0.05) is 72.8 Å². The Hall–Kier alpha value is -4.86. The summed E-state index contributed by atoms with van der Waals surface area (Å²) in [6.45, 7) is 0. The van der Waals surface area contributed by atoms with Gasteiger partial charge in [0.2, 0.25) is 0 Å². The average Bonchev–Trinajstić information content (AvgIpc) is 3.55. The number of thiophene rings is 1. The highest BCUT2D eigenvalue weighted by atomic mass is 32.1. The molecular weight excluding hydrogens is 494 g/mol. The lowest BCUT2D eigenvalue weighted by atomic mass is 10.0. The standard InChI is InChI=1S/C36H23NOS/c1-3-13-33-29(11-1)31-21-25(15-17-34(31)38-33)23-7-5-9-27(19-23)37-28-10-6-8-24(20-28)26-16-18-36-32(22-26)30-12-2-4-14-35(30)39-36/h1-22,37H. The molecule has 0 aliphatic heterocycles. The second-order valence-electron chi connectivity index (χ2n) is 9.90. The molecule has 184 valence electrons. The Balaban J connectivity index is 1.12. The number of nitrogens with one attached hydrogen (secondary N) is 1. The summed E-state index contributed by atoms with van der Waals surface area (Å²) in [6.07, 6.45) is 0. The van der Waals surface area contributed by atoms with Crippen LogP contribution in [0.25, 0.3) is 64.4 Å².